The molecular formula is C33H39ClF2N6OS. The maximum absolute atomic E-state index is 16.8. The largest absolute Gasteiger partial charge is 0.461 e. The predicted octanol–water partition coefficient (Wildman–Crippen LogP) is 8.25. The van der Waals surface area contributed by atoms with E-state index in [1.54, 1.807) is 6.07 Å². The molecule has 6 rings (SSSR count). The summed E-state index contributed by atoms with van der Waals surface area (Å²) in [6.45, 7) is 10.4. The van der Waals surface area contributed by atoms with Gasteiger partial charge in [-0.05, 0) is 69.3 Å². The van der Waals surface area contributed by atoms with Gasteiger partial charge < -0.3 is 15.4 Å². The summed E-state index contributed by atoms with van der Waals surface area (Å²) in [5.74, 6) is -0.156. The highest BCUT2D eigenvalue weighted by Gasteiger charge is 2.45. The molecule has 0 amide bonds. The monoisotopic (exact) mass is 640 g/mol. The number of rotatable bonds is 11. The Morgan fingerprint density at radius 3 is 2.64 bits per heavy atom. The fraction of sp³-hybridized carbons (Fsp3) is 0.485. The van der Waals surface area contributed by atoms with Crippen molar-refractivity contribution in [3.8, 4) is 17.1 Å². The quantitative estimate of drug-likeness (QED) is 0.165. The second-order valence-electron chi connectivity index (χ2n) is 12.1. The summed E-state index contributed by atoms with van der Waals surface area (Å²) in [5, 5.41) is 0.846. The number of nitrogens with zero attached hydrogens (tertiary/aromatic N) is 5. The summed E-state index contributed by atoms with van der Waals surface area (Å²) in [7, 11) is 0. The van der Waals surface area contributed by atoms with Gasteiger partial charge in [-0.25, -0.2) is 13.8 Å². The molecule has 2 aliphatic heterocycles. The average molecular weight is 641 g/mol. The van der Waals surface area contributed by atoms with Gasteiger partial charge in [0.1, 0.15) is 23.8 Å². The van der Waals surface area contributed by atoms with Gasteiger partial charge in [-0.1, -0.05) is 62.3 Å². The number of thiazole rings is 1. The van der Waals surface area contributed by atoms with Crippen LogP contribution in [0.25, 0.3) is 32.2 Å². The molecule has 11 heteroatoms. The third-order valence-electron chi connectivity index (χ3n) is 9.16. The zero-order valence-corrected chi connectivity index (χ0v) is 27.1. The lowest BCUT2D eigenvalue weighted by Crippen LogP contribution is -2.43. The topological polar surface area (TPSA) is 80.4 Å². The molecule has 4 heterocycles. The zero-order valence-electron chi connectivity index (χ0n) is 25.5. The van der Waals surface area contributed by atoms with Gasteiger partial charge in [-0.15, -0.1) is 0 Å². The molecule has 0 aliphatic carbocycles. The molecule has 2 fully saturated rings. The van der Waals surface area contributed by atoms with E-state index in [1.807, 2.05) is 0 Å². The van der Waals surface area contributed by atoms with Gasteiger partial charge in [0.25, 0.3) is 0 Å². The first-order chi connectivity index (χ1) is 21.2. The molecule has 234 valence electrons. The molecule has 0 saturated carbocycles. The van der Waals surface area contributed by atoms with Gasteiger partial charge in [-0.3, -0.25) is 4.90 Å². The Balaban J connectivity index is 1.52. The first kappa shape index (κ1) is 30.9. The minimum absolute atomic E-state index is 0.0211. The third kappa shape index (κ3) is 5.72. The molecule has 1 unspecified atom stereocenters. The standard InChI is InChI=1S/C33H39ClF2N6OS/c1-4-6-7-14-41(18-20(3)5-2)30-22-17-23(34)25(21-10-11-24(35)29-28(21)38-31(37)44-29)26(36)27(22)39-32(40-30)43-19-33-12-8-15-42(33)16-9-13-33/h6-7,10-11,17,20H,4-5,8-9,12-16,18-19H2,1-3H3,(H2,37,38). The van der Waals surface area contributed by atoms with Crippen molar-refractivity contribution >= 4 is 55.0 Å². The van der Waals surface area contributed by atoms with Crippen LogP contribution in [0.5, 0.6) is 6.01 Å². The number of benzene rings is 2. The maximum Gasteiger partial charge on any atom is 0.319 e. The fourth-order valence-electron chi connectivity index (χ4n) is 6.69. The van der Waals surface area contributed by atoms with Crippen molar-refractivity contribution in [2.24, 2.45) is 5.92 Å². The van der Waals surface area contributed by atoms with E-state index in [2.05, 4.69) is 52.7 Å². The van der Waals surface area contributed by atoms with Crippen LogP contribution in [0.4, 0.5) is 19.7 Å². The smallest absolute Gasteiger partial charge is 0.319 e. The number of aromatic nitrogens is 3. The highest BCUT2D eigenvalue weighted by Crippen LogP contribution is 2.43. The van der Waals surface area contributed by atoms with Gasteiger partial charge in [0.05, 0.1) is 20.8 Å². The summed E-state index contributed by atoms with van der Waals surface area (Å²) in [5.41, 5.74) is 6.73. The molecule has 2 saturated heterocycles. The number of nitrogens with two attached hydrogens (primary N) is 1. The van der Waals surface area contributed by atoms with E-state index in [0.29, 0.717) is 42.4 Å². The van der Waals surface area contributed by atoms with E-state index in [4.69, 9.17) is 27.1 Å². The van der Waals surface area contributed by atoms with Crippen LogP contribution < -0.4 is 15.4 Å². The van der Waals surface area contributed by atoms with Crippen LogP contribution in [-0.4, -0.2) is 58.2 Å². The van der Waals surface area contributed by atoms with Crippen molar-refractivity contribution in [3.05, 3.63) is 47.0 Å². The lowest BCUT2D eigenvalue weighted by atomic mass is 9.95. The Morgan fingerprint density at radius 1 is 1.14 bits per heavy atom. The van der Waals surface area contributed by atoms with Crippen molar-refractivity contribution in [2.45, 2.75) is 64.8 Å². The Morgan fingerprint density at radius 2 is 1.91 bits per heavy atom. The first-order valence-corrected chi connectivity index (χ1v) is 16.8. The highest BCUT2D eigenvalue weighted by atomic mass is 35.5. The van der Waals surface area contributed by atoms with Crippen molar-refractivity contribution in [1.82, 2.24) is 19.9 Å². The van der Waals surface area contributed by atoms with Crippen LogP contribution in [-0.2, 0) is 0 Å². The summed E-state index contributed by atoms with van der Waals surface area (Å²) >= 11 is 7.88. The minimum atomic E-state index is -0.630. The number of nitrogen functional groups attached to an aromatic ring is 1. The van der Waals surface area contributed by atoms with Crippen LogP contribution in [0.1, 0.15) is 59.3 Å². The Labute approximate surface area is 266 Å². The van der Waals surface area contributed by atoms with E-state index in [9.17, 15) is 4.39 Å². The molecule has 4 aromatic rings. The number of anilines is 2. The first-order valence-electron chi connectivity index (χ1n) is 15.6. The molecule has 0 radical (unpaired) electrons. The molecule has 0 spiro atoms. The fourth-order valence-corrected chi connectivity index (χ4v) is 7.75. The van der Waals surface area contributed by atoms with Crippen molar-refractivity contribution in [2.75, 3.05) is 43.4 Å². The second-order valence-corrected chi connectivity index (χ2v) is 13.5. The van der Waals surface area contributed by atoms with Gasteiger partial charge >= 0.3 is 6.01 Å². The Hall–Kier alpha value is -3.08. The molecule has 2 N–H and O–H groups in total. The van der Waals surface area contributed by atoms with Crippen molar-refractivity contribution in [3.63, 3.8) is 0 Å². The van der Waals surface area contributed by atoms with Crippen molar-refractivity contribution in [1.29, 1.82) is 0 Å². The van der Waals surface area contributed by atoms with Crippen LogP contribution in [0.2, 0.25) is 5.02 Å². The zero-order chi connectivity index (χ0) is 31.0. The van der Waals surface area contributed by atoms with E-state index >= 15 is 4.39 Å². The van der Waals surface area contributed by atoms with Crippen LogP contribution in [0.15, 0.2) is 30.4 Å². The minimum Gasteiger partial charge on any atom is -0.461 e. The number of hydrogen-bond acceptors (Lipinski definition) is 8. The molecule has 7 nitrogen and oxygen atoms in total. The van der Waals surface area contributed by atoms with Gasteiger partial charge in [0, 0.05) is 29.6 Å². The number of ether oxygens (including phenoxy) is 1. The number of fused-ring (bicyclic) bond motifs is 3. The molecule has 0 bridgehead atoms. The normalized spacial score (nSPS) is 17.2. The van der Waals surface area contributed by atoms with Crippen LogP contribution in [0, 0.1) is 17.6 Å². The number of hydrogen-bond donors (Lipinski definition) is 1. The van der Waals surface area contributed by atoms with Gasteiger partial charge in [0.2, 0.25) is 0 Å². The van der Waals surface area contributed by atoms with Crippen molar-refractivity contribution < 1.29 is 13.5 Å². The van der Waals surface area contributed by atoms with E-state index < -0.39 is 11.6 Å². The number of halogens is 3. The summed E-state index contributed by atoms with van der Waals surface area (Å²) in [6, 6.07) is 4.63. The van der Waals surface area contributed by atoms with Gasteiger partial charge in [-0.2, -0.15) is 9.97 Å². The molecule has 2 aromatic heterocycles. The average Bonchev–Trinajstić information content (AvgIpc) is 3.71. The molecule has 44 heavy (non-hydrogen) atoms. The third-order valence-corrected chi connectivity index (χ3v) is 10.4. The molecular weight excluding hydrogens is 602 g/mol. The van der Waals surface area contributed by atoms with E-state index in [1.165, 1.54) is 12.1 Å². The lowest BCUT2D eigenvalue weighted by Gasteiger charge is -2.31. The summed E-state index contributed by atoms with van der Waals surface area (Å²) in [4.78, 5) is 18.6. The highest BCUT2D eigenvalue weighted by molar-refractivity contribution is 7.22. The van der Waals surface area contributed by atoms with Crippen LogP contribution >= 0.6 is 22.9 Å². The van der Waals surface area contributed by atoms with Gasteiger partial charge in [0.15, 0.2) is 10.9 Å². The summed E-state index contributed by atoms with van der Waals surface area (Å²) < 4.78 is 38.1. The Kier molecular flexibility index (Phi) is 8.95. The molecule has 2 aliphatic rings. The maximum atomic E-state index is 16.8. The number of allylic oxidation sites excluding steroid dienone is 1. The SMILES string of the molecule is CCC=CCN(CC(C)CC)c1nc(OCC23CCCN2CCC3)nc2c(F)c(-c3ccc(F)c4sc(N)nc34)c(Cl)cc12. The molecule has 2 aromatic carbocycles. The molecule has 1 atom stereocenters. The van der Waals surface area contributed by atoms with E-state index in [-0.39, 0.29) is 43.0 Å². The van der Waals surface area contributed by atoms with E-state index in [0.717, 1.165) is 63.0 Å². The second kappa shape index (κ2) is 12.7. The Bertz CT molecular complexity index is 1700. The van der Waals surface area contributed by atoms with Crippen LogP contribution in [0.3, 0.4) is 0 Å². The lowest BCUT2D eigenvalue weighted by molar-refractivity contribution is 0.108. The summed E-state index contributed by atoms with van der Waals surface area (Å²) in [6.07, 6.45) is 10.5. The predicted molar refractivity (Wildman–Crippen MR) is 177 cm³/mol.